The molecule has 0 aliphatic carbocycles. The molecule has 8 aromatic carbocycles. The Labute approximate surface area is 299 Å². The molecule has 0 radical (unpaired) electrons. The molecule has 0 saturated carbocycles. The Bertz CT molecular complexity index is 2920. The van der Waals surface area contributed by atoms with Gasteiger partial charge in [-0.25, -0.2) is 8.78 Å². The minimum atomic E-state index is -0.303. The van der Waals surface area contributed by atoms with Crippen LogP contribution in [0.2, 0.25) is 0 Å². The SMILES string of the molecule is Fc1cccc(-c2cc(-c3cccc(F)c3)cc(-n3c4ccccc4c4cc(-c5ccc6c(c5)c5ccccc5n6-c5ccccc5)ccc43)c2)c1. The summed E-state index contributed by atoms with van der Waals surface area (Å²) in [6.07, 6.45) is 0. The predicted octanol–water partition coefficient (Wildman–Crippen LogP) is 13.2. The fourth-order valence-electron chi connectivity index (χ4n) is 7.85. The van der Waals surface area contributed by atoms with E-state index in [0.717, 1.165) is 66.6 Å². The van der Waals surface area contributed by atoms with E-state index < -0.39 is 0 Å². The Hall–Kier alpha value is -6.78. The van der Waals surface area contributed by atoms with E-state index in [-0.39, 0.29) is 11.6 Å². The van der Waals surface area contributed by atoms with Crippen molar-refractivity contribution in [3.8, 4) is 44.8 Å². The van der Waals surface area contributed by atoms with E-state index in [1.54, 1.807) is 24.3 Å². The van der Waals surface area contributed by atoms with Gasteiger partial charge >= 0.3 is 0 Å². The molecule has 0 saturated heterocycles. The summed E-state index contributed by atoms with van der Waals surface area (Å²) in [5.41, 5.74) is 12.0. The van der Waals surface area contributed by atoms with Gasteiger partial charge in [-0.05, 0) is 124 Å². The fraction of sp³-hybridized carbons (Fsp3) is 0. The van der Waals surface area contributed by atoms with Crippen LogP contribution >= 0.6 is 0 Å². The molecule has 52 heavy (non-hydrogen) atoms. The minimum absolute atomic E-state index is 0.303. The van der Waals surface area contributed by atoms with Crippen molar-refractivity contribution in [2.24, 2.45) is 0 Å². The lowest BCUT2D eigenvalue weighted by Crippen LogP contribution is -1.96. The average Bonchev–Trinajstić information content (AvgIpc) is 3.70. The third-order valence-electron chi connectivity index (χ3n) is 10.2. The first kappa shape index (κ1) is 30.1. The summed E-state index contributed by atoms with van der Waals surface area (Å²) in [4.78, 5) is 0. The van der Waals surface area contributed by atoms with E-state index >= 15 is 0 Å². The molecule has 2 aromatic heterocycles. The summed E-state index contributed by atoms with van der Waals surface area (Å²) in [7, 11) is 0. The number of nitrogens with zero attached hydrogens (tertiary/aromatic N) is 2. The van der Waals surface area contributed by atoms with Crippen molar-refractivity contribution in [2.75, 3.05) is 0 Å². The Morgan fingerprint density at radius 3 is 1.23 bits per heavy atom. The van der Waals surface area contributed by atoms with E-state index in [9.17, 15) is 8.78 Å². The fourth-order valence-corrected chi connectivity index (χ4v) is 7.85. The first-order valence-corrected chi connectivity index (χ1v) is 17.4. The van der Waals surface area contributed by atoms with Gasteiger partial charge < -0.3 is 9.13 Å². The van der Waals surface area contributed by atoms with Gasteiger partial charge in [-0.15, -0.1) is 0 Å². The van der Waals surface area contributed by atoms with Crippen molar-refractivity contribution in [3.63, 3.8) is 0 Å². The summed E-state index contributed by atoms with van der Waals surface area (Å²) in [6, 6.07) is 60.4. The molecule has 10 rings (SSSR count). The van der Waals surface area contributed by atoms with Gasteiger partial charge in [-0.2, -0.15) is 0 Å². The van der Waals surface area contributed by atoms with Crippen LogP contribution in [0.4, 0.5) is 8.78 Å². The van der Waals surface area contributed by atoms with Gasteiger partial charge in [0, 0.05) is 32.9 Å². The minimum Gasteiger partial charge on any atom is -0.309 e. The number of hydrogen-bond acceptors (Lipinski definition) is 0. The maximum Gasteiger partial charge on any atom is 0.123 e. The number of para-hydroxylation sites is 3. The summed E-state index contributed by atoms with van der Waals surface area (Å²) >= 11 is 0. The summed E-state index contributed by atoms with van der Waals surface area (Å²) in [5.74, 6) is -0.607. The zero-order chi connectivity index (χ0) is 34.8. The lowest BCUT2D eigenvalue weighted by atomic mass is 9.97. The van der Waals surface area contributed by atoms with E-state index in [2.05, 4.69) is 130 Å². The molecule has 0 aliphatic rings. The van der Waals surface area contributed by atoms with Crippen LogP contribution in [0, 0.1) is 11.6 Å². The molecule has 10 aromatic rings. The van der Waals surface area contributed by atoms with Crippen LogP contribution in [0.1, 0.15) is 0 Å². The number of benzene rings is 8. The molecular weight excluding hydrogens is 643 g/mol. The van der Waals surface area contributed by atoms with Crippen LogP contribution in [-0.4, -0.2) is 9.13 Å². The second kappa shape index (κ2) is 11.9. The highest BCUT2D eigenvalue weighted by Crippen LogP contribution is 2.40. The highest BCUT2D eigenvalue weighted by molar-refractivity contribution is 6.12. The molecule has 4 heteroatoms. The van der Waals surface area contributed by atoms with Gasteiger partial charge in [0.15, 0.2) is 0 Å². The Morgan fingerprint density at radius 2 is 0.712 bits per heavy atom. The van der Waals surface area contributed by atoms with E-state index in [4.69, 9.17) is 0 Å². The topological polar surface area (TPSA) is 9.86 Å². The normalized spacial score (nSPS) is 11.7. The molecular formula is C48H30F2N2. The van der Waals surface area contributed by atoms with Gasteiger partial charge in [-0.1, -0.05) is 91.0 Å². The van der Waals surface area contributed by atoms with Crippen LogP contribution in [0.15, 0.2) is 182 Å². The van der Waals surface area contributed by atoms with Gasteiger partial charge in [0.2, 0.25) is 0 Å². The summed E-state index contributed by atoms with van der Waals surface area (Å²) in [5, 5.41) is 4.68. The molecule has 0 bridgehead atoms. The Balaban J connectivity index is 1.17. The smallest absolute Gasteiger partial charge is 0.123 e. The molecule has 246 valence electrons. The summed E-state index contributed by atoms with van der Waals surface area (Å²) in [6.45, 7) is 0. The number of halogens is 2. The van der Waals surface area contributed by atoms with E-state index in [1.807, 2.05) is 24.3 Å². The second-order valence-corrected chi connectivity index (χ2v) is 13.3. The first-order valence-electron chi connectivity index (χ1n) is 17.4. The van der Waals surface area contributed by atoms with Crippen molar-refractivity contribution in [1.29, 1.82) is 0 Å². The number of fused-ring (bicyclic) bond motifs is 6. The molecule has 2 heterocycles. The highest BCUT2D eigenvalue weighted by Gasteiger charge is 2.17. The molecule has 0 unspecified atom stereocenters. The zero-order valence-electron chi connectivity index (χ0n) is 28.0. The standard InChI is InChI=1S/C48H30F2N2/c49-37-12-8-10-31(25-37)35-24-36(32-11-9-13-38(50)26-32)28-40(27-35)52-46-19-7-5-17-42(46)44-30-34(21-23-48(44)52)33-20-22-47-43(29-33)41-16-4-6-18-45(41)51(47)39-14-2-1-3-15-39/h1-30H. The van der Waals surface area contributed by atoms with Gasteiger partial charge in [-0.3, -0.25) is 0 Å². The first-order chi connectivity index (χ1) is 25.6. The Kier molecular flexibility index (Phi) is 6.90. The van der Waals surface area contributed by atoms with Crippen molar-refractivity contribution in [3.05, 3.63) is 194 Å². The maximum atomic E-state index is 14.5. The van der Waals surface area contributed by atoms with Crippen molar-refractivity contribution < 1.29 is 8.78 Å². The third-order valence-corrected chi connectivity index (χ3v) is 10.2. The van der Waals surface area contributed by atoms with E-state index in [1.165, 1.54) is 33.9 Å². The van der Waals surface area contributed by atoms with Crippen molar-refractivity contribution in [1.82, 2.24) is 9.13 Å². The monoisotopic (exact) mass is 672 g/mol. The highest BCUT2D eigenvalue weighted by atomic mass is 19.1. The molecule has 0 amide bonds. The van der Waals surface area contributed by atoms with Crippen LogP contribution in [0.3, 0.4) is 0 Å². The third kappa shape index (κ3) is 4.91. The van der Waals surface area contributed by atoms with Gasteiger partial charge in [0.25, 0.3) is 0 Å². The molecule has 2 nitrogen and oxygen atoms in total. The lowest BCUT2D eigenvalue weighted by Gasteiger charge is -2.14. The molecule has 0 N–H and O–H groups in total. The lowest BCUT2D eigenvalue weighted by molar-refractivity contribution is 0.628. The van der Waals surface area contributed by atoms with Crippen LogP contribution in [-0.2, 0) is 0 Å². The van der Waals surface area contributed by atoms with Crippen molar-refractivity contribution >= 4 is 43.6 Å². The van der Waals surface area contributed by atoms with Crippen LogP contribution < -0.4 is 0 Å². The largest absolute Gasteiger partial charge is 0.309 e. The maximum absolute atomic E-state index is 14.5. The number of aromatic nitrogens is 2. The van der Waals surface area contributed by atoms with Crippen LogP contribution in [0.25, 0.3) is 88.4 Å². The van der Waals surface area contributed by atoms with Crippen LogP contribution in [0.5, 0.6) is 0 Å². The van der Waals surface area contributed by atoms with Gasteiger partial charge in [0.05, 0.1) is 22.1 Å². The number of rotatable bonds is 5. The Morgan fingerprint density at radius 1 is 0.269 bits per heavy atom. The van der Waals surface area contributed by atoms with Crippen molar-refractivity contribution in [2.45, 2.75) is 0 Å². The molecule has 0 fully saturated rings. The summed E-state index contributed by atoms with van der Waals surface area (Å²) < 4.78 is 33.6. The molecule has 0 spiro atoms. The quantitative estimate of drug-likeness (QED) is 0.172. The predicted molar refractivity (Wildman–Crippen MR) is 211 cm³/mol. The zero-order valence-corrected chi connectivity index (χ0v) is 28.0. The average molecular weight is 673 g/mol. The van der Waals surface area contributed by atoms with E-state index in [0.29, 0.717) is 0 Å². The van der Waals surface area contributed by atoms with Gasteiger partial charge in [0.1, 0.15) is 11.6 Å². The molecule has 0 aliphatic heterocycles. The second-order valence-electron chi connectivity index (χ2n) is 13.3. The number of hydrogen-bond donors (Lipinski definition) is 0. The molecule has 0 atom stereocenters.